The molecular weight excluding hydrogens is 338 g/mol. The minimum atomic E-state index is -3.87. The van der Waals surface area contributed by atoms with E-state index in [-0.39, 0.29) is 5.75 Å². The first-order chi connectivity index (χ1) is 11.8. The maximum Gasteiger partial charge on any atom is 0.264 e. The van der Waals surface area contributed by atoms with Gasteiger partial charge in [0, 0.05) is 19.5 Å². The molecule has 0 saturated heterocycles. The van der Waals surface area contributed by atoms with E-state index in [0.717, 1.165) is 17.0 Å². The Morgan fingerprint density at radius 3 is 2.56 bits per heavy atom. The molecule has 0 amide bonds. The number of hydrogen-bond acceptors (Lipinski definition) is 4. The fourth-order valence-electron chi connectivity index (χ4n) is 2.44. The van der Waals surface area contributed by atoms with Crippen LogP contribution in [0.25, 0.3) is 0 Å². The number of para-hydroxylation sites is 1. The summed E-state index contributed by atoms with van der Waals surface area (Å²) < 4.78 is 32.2. The van der Waals surface area contributed by atoms with Crippen molar-refractivity contribution in [2.45, 2.75) is 26.3 Å². The Balaban J connectivity index is 2.01. The van der Waals surface area contributed by atoms with E-state index in [0.29, 0.717) is 19.4 Å². The number of benzene rings is 1. The summed E-state index contributed by atoms with van der Waals surface area (Å²) in [6.07, 6.45) is 5.03. The van der Waals surface area contributed by atoms with Crippen LogP contribution in [0.2, 0.25) is 0 Å². The van der Waals surface area contributed by atoms with Gasteiger partial charge < -0.3 is 0 Å². The molecule has 25 heavy (non-hydrogen) atoms. The third-order valence-corrected chi connectivity index (χ3v) is 4.58. The third kappa shape index (κ3) is 6.64. The number of hydrazone groups is 1. The molecule has 0 radical (unpaired) electrons. The summed E-state index contributed by atoms with van der Waals surface area (Å²) in [5.41, 5.74) is 2.90. The van der Waals surface area contributed by atoms with Crippen molar-refractivity contribution in [3.05, 3.63) is 60.4 Å². The van der Waals surface area contributed by atoms with Gasteiger partial charge in [0.15, 0.2) is 12.4 Å². The Hall–Kier alpha value is -2.25. The zero-order chi connectivity index (χ0) is 18.3. The largest absolute Gasteiger partial charge is 0.286 e. The van der Waals surface area contributed by atoms with Crippen LogP contribution in [-0.2, 0) is 16.7 Å². The molecule has 0 aliphatic carbocycles. The van der Waals surface area contributed by atoms with Gasteiger partial charge in [-0.15, -0.1) is 0 Å². The second-order valence-corrected chi connectivity index (χ2v) is 7.44. The van der Waals surface area contributed by atoms with Crippen LogP contribution in [0.1, 0.15) is 25.3 Å². The molecule has 0 unspecified atom stereocenters. The molecule has 0 atom stereocenters. The summed E-state index contributed by atoms with van der Waals surface area (Å²) >= 11 is 0. The molecule has 0 aliphatic heterocycles. The summed E-state index contributed by atoms with van der Waals surface area (Å²) in [6, 6.07) is 13.8. The molecule has 2 rings (SSSR count). The Morgan fingerprint density at radius 2 is 1.88 bits per heavy atom. The van der Waals surface area contributed by atoms with Crippen molar-refractivity contribution in [1.29, 1.82) is 0 Å². The van der Waals surface area contributed by atoms with Gasteiger partial charge in [-0.3, -0.25) is 9.56 Å². The lowest BCUT2D eigenvalue weighted by molar-refractivity contribution is -0.697. The number of aryl methyl sites for hydroxylation is 1. The molecule has 1 aromatic heterocycles. The molecule has 0 bridgehead atoms. The number of anilines is 1. The lowest BCUT2D eigenvalue weighted by atomic mass is 10.2. The third-order valence-electron chi connectivity index (χ3n) is 3.77. The predicted octanol–water partition coefficient (Wildman–Crippen LogP) is 2.50. The average Bonchev–Trinajstić information content (AvgIpc) is 2.59. The van der Waals surface area contributed by atoms with Crippen molar-refractivity contribution in [3.8, 4) is 0 Å². The van der Waals surface area contributed by atoms with Crippen LogP contribution in [0.5, 0.6) is 0 Å². The number of hydrogen-bond donors (Lipinski definition) is 1. The fraction of sp³-hybridized carbons (Fsp3) is 0.333. The number of unbranched alkanes of at least 4 members (excludes halogenated alkanes) is 1. The number of rotatable bonds is 8. The van der Waals surface area contributed by atoms with Gasteiger partial charge >= 0.3 is 0 Å². The smallest absolute Gasteiger partial charge is 0.264 e. The van der Waals surface area contributed by atoms with Crippen LogP contribution in [0.15, 0.2) is 60.0 Å². The first-order valence-corrected chi connectivity index (χ1v) is 9.75. The van der Waals surface area contributed by atoms with E-state index >= 15 is 0 Å². The van der Waals surface area contributed by atoms with E-state index in [1.165, 1.54) is 0 Å². The second kappa shape index (κ2) is 8.73. The van der Waals surface area contributed by atoms with Gasteiger partial charge in [-0.25, -0.2) is 4.57 Å². The molecule has 1 N–H and O–H groups in total. The fourth-order valence-corrected chi connectivity index (χ4v) is 3.01. The van der Waals surface area contributed by atoms with E-state index in [1.54, 1.807) is 0 Å². The average molecular weight is 362 g/mol. The normalized spacial score (nSPS) is 12.2. The number of pyridine rings is 1. The summed E-state index contributed by atoms with van der Waals surface area (Å²) in [6.45, 7) is 2.64. The molecular formula is C18H24N3O3S+. The van der Waals surface area contributed by atoms with Crippen LogP contribution in [0, 0.1) is 0 Å². The van der Waals surface area contributed by atoms with Crippen LogP contribution in [0.3, 0.4) is 0 Å². The molecule has 2 aromatic rings. The van der Waals surface area contributed by atoms with Crippen molar-refractivity contribution >= 4 is 21.5 Å². The van der Waals surface area contributed by atoms with Crippen molar-refractivity contribution < 1.29 is 17.5 Å². The van der Waals surface area contributed by atoms with E-state index in [2.05, 4.69) is 5.10 Å². The zero-order valence-electron chi connectivity index (χ0n) is 14.5. The van der Waals surface area contributed by atoms with E-state index in [4.69, 9.17) is 4.55 Å². The molecule has 7 heteroatoms. The van der Waals surface area contributed by atoms with E-state index in [1.807, 2.05) is 78.4 Å². The van der Waals surface area contributed by atoms with Gasteiger partial charge in [0.25, 0.3) is 10.1 Å². The molecule has 0 aliphatic rings. The molecule has 0 saturated carbocycles. The Morgan fingerprint density at radius 1 is 1.16 bits per heavy atom. The maximum absolute atomic E-state index is 10.7. The van der Waals surface area contributed by atoms with Gasteiger partial charge in [-0.05, 0) is 31.5 Å². The Bertz CT molecular complexity index is 820. The molecule has 0 spiro atoms. The SMILES string of the molecule is CC(=NN(C)c1ccccc1)c1ccc[n+](CCCCS(=O)(=O)O)c1. The van der Waals surface area contributed by atoms with Crippen molar-refractivity contribution in [2.24, 2.45) is 5.10 Å². The van der Waals surface area contributed by atoms with Crippen molar-refractivity contribution in [1.82, 2.24) is 0 Å². The van der Waals surface area contributed by atoms with Gasteiger partial charge in [0.1, 0.15) is 6.54 Å². The number of aromatic nitrogens is 1. The van der Waals surface area contributed by atoms with Crippen LogP contribution < -0.4 is 9.58 Å². The topological polar surface area (TPSA) is 73.8 Å². The summed E-state index contributed by atoms with van der Waals surface area (Å²) in [5, 5.41) is 6.44. The quantitative estimate of drug-likeness (QED) is 0.257. The van der Waals surface area contributed by atoms with E-state index in [9.17, 15) is 8.42 Å². The van der Waals surface area contributed by atoms with Crippen molar-refractivity contribution in [2.75, 3.05) is 17.8 Å². The molecule has 1 heterocycles. The maximum atomic E-state index is 10.7. The predicted molar refractivity (Wildman–Crippen MR) is 99.3 cm³/mol. The van der Waals surface area contributed by atoms with Gasteiger partial charge in [0.05, 0.1) is 22.7 Å². The Kier molecular flexibility index (Phi) is 6.66. The van der Waals surface area contributed by atoms with Crippen molar-refractivity contribution in [3.63, 3.8) is 0 Å². The Labute approximate surface area is 149 Å². The number of nitrogens with zero attached hydrogens (tertiary/aromatic N) is 3. The van der Waals surface area contributed by atoms with Gasteiger partial charge in [0.2, 0.25) is 0 Å². The minimum absolute atomic E-state index is 0.199. The summed E-state index contributed by atoms with van der Waals surface area (Å²) in [4.78, 5) is 0. The highest BCUT2D eigenvalue weighted by molar-refractivity contribution is 7.85. The first kappa shape index (κ1) is 19.1. The molecule has 0 fully saturated rings. The lowest BCUT2D eigenvalue weighted by Gasteiger charge is -2.14. The zero-order valence-corrected chi connectivity index (χ0v) is 15.4. The summed E-state index contributed by atoms with van der Waals surface area (Å²) in [7, 11) is -1.97. The van der Waals surface area contributed by atoms with Crippen LogP contribution >= 0.6 is 0 Å². The van der Waals surface area contributed by atoms with Gasteiger partial charge in [-0.2, -0.15) is 13.5 Å². The highest BCUT2D eigenvalue weighted by atomic mass is 32.2. The highest BCUT2D eigenvalue weighted by Crippen LogP contribution is 2.12. The molecule has 134 valence electrons. The second-order valence-electron chi connectivity index (χ2n) is 5.87. The minimum Gasteiger partial charge on any atom is -0.286 e. The lowest BCUT2D eigenvalue weighted by Crippen LogP contribution is -2.34. The molecule has 1 aromatic carbocycles. The highest BCUT2D eigenvalue weighted by Gasteiger charge is 2.09. The monoisotopic (exact) mass is 362 g/mol. The first-order valence-electron chi connectivity index (χ1n) is 8.14. The van der Waals surface area contributed by atoms with E-state index < -0.39 is 10.1 Å². The van der Waals surface area contributed by atoms with Crippen LogP contribution in [0.4, 0.5) is 5.69 Å². The van der Waals surface area contributed by atoms with Crippen LogP contribution in [-0.4, -0.2) is 31.5 Å². The van der Waals surface area contributed by atoms with Gasteiger partial charge in [-0.1, -0.05) is 18.2 Å². The molecule has 6 nitrogen and oxygen atoms in total. The summed E-state index contributed by atoms with van der Waals surface area (Å²) in [5.74, 6) is -0.199. The standard InChI is InChI=1S/C18H23N3O3S/c1-16(19-20(2)18-10-4-3-5-11-18)17-9-8-13-21(15-17)12-6-7-14-25(22,23)24/h3-5,8-11,13,15H,6-7,12,14H2,1-2H3/p+1.